The number of hydrogen-bond acceptors (Lipinski definition) is 4. The third kappa shape index (κ3) is 4.87. The number of nitrogens with zero attached hydrogens (tertiary/aromatic N) is 3. The van der Waals surface area contributed by atoms with Crippen molar-refractivity contribution in [2.45, 2.75) is 20.0 Å². The van der Waals surface area contributed by atoms with Gasteiger partial charge in [0.1, 0.15) is 5.82 Å². The SMILES string of the molecule is Cc1cccc(C)c1NC(=O)CNC(=O)c1nnn(-c2cccc(F)c2)c1C(F)(F)F. The van der Waals surface area contributed by atoms with Gasteiger partial charge in [-0.3, -0.25) is 9.59 Å². The van der Waals surface area contributed by atoms with Crippen molar-refractivity contribution in [1.82, 2.24) is 20.3 Å². The van der Waals surface area contributed by atoms with Crippen molar-refractivity contribution in [2.75, 3.05) is 11.9 Å². The van der Waals surface area contributed by atoms with Crippen molar-refractivity contribution in [3.8, 4) is 5.69 Å². The second kappa shape index (κ2) is 8.54. The molecule has 0 aliphatic rings. The lowest BCUT2D eigenvalue weighted by Crippen LogP contribution is -2.34. The van der Waals surface area contributed by atoms with Gasteiger partial charge in [-0.1, -0.05) is 29.5 Å². The Kier molecular flexibility index (Phi) is 6.04. The minimum absolute atomic E-state index is 0.258. The maximum absolute atomic E-state index is 13.6. The predicted molar refractivity (Wildman–Crippen MR) is 103 cm³/mol. The van der Waals surface area contributed by atoms with E-state index in [1.807, 2.05) is 6.07 Å². The van der Waals surface area contributed by atoms with Crippen LogP contribution >= 0.6 is 0 Å². The van der Waals surface area contributed by atoms with Gasteiger partial charge in [-0.25, -0.2) is 9.07 Å². The van der Waals surface area contributed by atoms with Crippen LogP contribution in [0.25, 0.3) is 5.69 Å². The predicted octanol–water partition coefficient (Wildman–Crippen LogP) is 3.41. The number of para-hydroxylation sites is 1. The highest BCUT2D eigenvalue weighted by Gasteiger charge is 2.42. The summed E-state index contributed by atoms with van der Waals surface area (Å²) in [6, 6.07) is 9.63. The van der Waals surface area contributed by atoms with E-state index in [1.54, 1.807) is 26.0 Å². The molecule has 0 fully saturated rings. The van der Waals surface area contributed by atoms with E-state index in [0.717, 1.165) is 23.3 Å². The molecule has 2 N–H and O–H groups in total. The van der Waals surface area contributed by atoms with E-state index in [9.17, 15) is 27.2 Å². The maximum atomic E-state index is 13.6. The first-order valence-electron chi connectivity index (χ1n) is 9.01. The van der Waals surface area contributed by atoms with E-state index in [4.69, 9.17) is 0 Å². The summed E-state index contributed by atoms with van der Waals surface area (Å²) in [6.45, 7) is 2.97. The van der Waals surface area contributed by atoms with Crippen LogP contribution in [0.5, 0.6) is 0 Å². The topological polar surface area (TPSA) is 88.9 Å². The van der Waals surface area contributed by atoms with Crippen LogP contribution in [0.1, 0.15) is 27.3 Å². The van der Waals surface area contributed by atoms with Crippen molar-refractivity contribution in [1.29, 1.82) is 0 Å². The number of aryl methyl sites for hydroxylation is 2. The molecule has 1 heterocycles. The Balaban J connectivity index is 1.80. The molecular formula is C20H17F4N5O2. The third-order valence-electron chi connectivity index (χ3n) is 4.36. The molecule has 0 bridgehead atoms. The maximum Gasteiger partial charge on any atom is 0.435 e. The van der Waals surface area contributed by atoms with E-state index < -0.39 is 41.7 Å². The van der Waals surface area contributed by atoms with Crippen LogP contribution in [0.15, 0.2) is 42.5 Å². The molecule has 0 saturated heterocycles. The minimum Gasteiger partial charge on any atom is -0.341 e. The number of alkyl halides is 3. The van der Waals surface area contributed by atoms with Gasteiger partial charge in [0.2, 0.25) is 5.91 Å². The third-order valence-corrected chi connectivity index (χ3v) is 4.36. The summed E-state index contributed by atoms with van der Waals surface area (Å²) in [5, 5.41) is 11.4. The molecule has 2 aromatic carbocycles. The molecule has 1 aromatic heterocycles. The van der Waals surface area contributed by atoms with Gasteiger partial charge in [0.05, 0.1) is 12.2 Å². The zero-order valence-electron chi connectivity index (χ0n) is 16.4. The fraction of sp³-hybridized carbons (Fsp3) is 0.200. The fourth-order valence-corrected chi connectivity index (χ4v) is 2.92. The molecule has 0 spiro atoms. The van der Waals surface area contributed by atoms with Crippen LogP contribution in [0.4, 0.5) is 23.2 Å². The number of anilines is 1. The van der Waals surface area contributed by atoms with Crippen molar-refractivity contribution in [2.24, 2.45) is 0 Å². The van der Waals surface area contributed by atoms with Crippen molar-refractivity contribution < 1.29 is 27.2 Å². The summed E-state index contributed by atoms with van der Waals surface area (Å²) in [7, 11) is 0. The first-order chi connectivity index (χ1) is 14.6. The number of hydrogen-bond donors (Lipinski definition) is 2. The fourth-order valence-electron chi connectivity index (χ4n) is 2.92. The highest BCUT2D eigenvalue weighted by Crippen LogP contribution is 2.32. The van der Waals surface area contributed by atoms with Gasteiger partial charge in [0.15, 0.2) is 11.4 Å². The molecule has 0 aliphatic heterocycles. The average Bonchev–Trinajstić information content (AvgIpc) is 3.15. The Hall–Kier alpha value is -3.76. The number of rotatable bonds is 5. The lowest BCUT2D eigenvalue weighted by atomic mass is 10.1. The lowest BCUT2D eigenvalue weighted by molar-refractivity contribution is -0.143. The molecule has 0 aliphatic carbocycles. The standard InChI is InChI=1S/C20H17F4N5O2/c1-11-5-3-6-12(2)16(11)26-15(30)10-25-19(31)17-18(20(22,23)24)29(28-27-17)14-8-4-7-13(21)9-14/h3-9H,10H2,1-2H3,(H,25,31)(H,26,30). The number of carbonyl (C=O) groups excluding carboxylic acids is 2. The molecule has 31 heavy (non-hydrogen) atoms. The summed E-state index contributed by atoms with van der Waals surface area (Å²) in [5.74, 6) is -2.65. The second-order valence-corrected chi connectivity index (χ2v) is 6.67. The molecule has 7 nitrogen and oxygen atoms in total. The number of aromatic nitrogens is 3. The Bertz CT molecular complexity index is 1120. The average molecular weight is 435 g/mol. The molecule has 3 aromatic rings. The number of amides is 2. The zero-order valence-corrected chi connectivity index (χ0v) is 16.4. The summed E-state index contributed by atoms with van der Waals surface area (Å²) in [5.41, 5.74) is -0.641. The van der Waals surface area contributed by atoms with Crippen LogP contribution in [0, 0.1) is 19.7 Å². The molecule has 0 saturated carbocycles. The minimum atomic E-state index is -5.01. The molecule has 11 heteroatoms. The van der Waals surface area contributed by atoms with Gasteiger partial charge in [-0.15, -0.1) is 5.10 Å². The Labute approximate surface area is 174 Å². The van der Waals surface area contributed by atoms with E-state index in [-0.39, 0.29) is 5.69 Å². The van der Waals surface area contributed by atoms with Gasteiger partial charge in [0, 0.05) is 5.69 Å². The zero-order chi connectivity index (χ0) is 22.8. The highest BCUT2D eigenvalue weighted by molar-refractivity contribution is 5.99. The first-order valence-corrected chi connectivity index (χ1v) is 9.01. The summed E-state index contributed by atoms with van der Waals surface area (Å²) >= 11 is 0. The van der Waals surface area contributed by atoms with Crippen LogP contribution in [-0.2, 0) is 11.0 Å². The number of benzene rings is 2. The van der Waals surface area contributed by atoms with Gasteiger partial charge in [-0.05, 0) is 43.2 Å². The number of halogens is 4. The molecule has 0 atom stereocenters. The van der Waals surface area contributed by atoms with Gasteiger partial charge in [-0.2, -0.15) is 13.2 Å². The van der Waals surface area contributed by atoms with Gasteiger partial charge < -0.3 is 10.6 Å². The first kappa shape index (κ1) is 21.9. The Morgan fingerprint density at radius 3 is 2.32 bits per heavy atom. The van der Waals surface area contributed by atoms with Gasteiger partial charge in [0.25, 0.3) is 5.91 Å². The molecule has 3 rings (SSSR count). The van der Waals surface area contributed by atoms with E-state index in [1.165, 1.54) is 12.1 Å². The monoisotopic (exact) mass is 435 g/mol. The van der Waals surface area contributed by atoms with Crippen molar-refractivity contribution >= 4 is 17.5 Å². The van der Waals surface area contributed by atoms with E-state index in [0.29, 0.717) is 10.4 Å². The molecule has 2 amide bonds. The summed E-state index contributed by atoms with van der Waals surface area (Å²) in [6.07, 6.45) is -5.01. The smallest absolute Gasteiger partial charge is 0.341 e. The van der Waals surface area contributed by atoms with Crippen LogP contribution in [0.3, 0.4) is 0 Å². The molecule has 162 valence electrons. The quantitative estimate of drug-likeness (QED) is 0.602. The molecular weight excluding hydrogens is 418 g/mol. The van der Waals surface area contributed by atoms with Gasteiger partial charge >= 0.3 is 6.18 Å². The number of nitrogens with one attached hydrogen (secondary N) is 2. The molecule has 0 radical (unpaired) electrons. The van der Waals surface area contributed by atoms with E-state index >= 15 is 0 Å². The normalized spacial score (nSPS) is 11.3. The Morgan fingerprint density at radius 1 is 1.06 bits per heavy atom. The lowest BCUT2D eigenvalue weighted by Gasteiger charge is -2.13. The summed E-state index contributed by atoms with van der Waals surface area (Å²) < 4.78 is 54.6. The van der Waals surface area contributed by atoms with Crippen LogP contribution < -0.4 is 10.6 Å². The van der Waals surface area contributed by atoms with Crippen molar-refractivity contribution in [3.63, 3.8) is 0 Å². The molecule has 0 unspecified atom stereocenters. The van der Waals surface area contributed by atoms with Crippen LogP contribution in [-0.4, -0.2) is 33.4 Å². The van der Waals surface area contributed by atoms with Crippen molar-refractivity contribution in [3.05, 3.63) is 70.8 Å². The van der Waals surface area contributed by atoms with Crippen LogP contribution in [0.2, 0.25) is 0 Å². The van der Waals surface area contributed by atoms with E-state index in [2.05, 4.69) is 20.9 Å². The Morgan fingerprint density at radius 2 is 1.71 bits per heavy atom. The summed E-state index contributed by atoms with van der Waals surface area (Å²) in [4.78, 5) is 24.5. The largest absolute Gasteiger partial charge is 0.435 e. The number of carbonyl (C=O) groups is 2. The highest BCUT2D eigenvalue weighted by atomic mass is 19.4. The second-order valence-electron chi connectivity index (χ2n) is 6.67.